The number of para-hydroxylation sites is 2. The van der Waals surface area contributed by atoms with Gasteiger partial charge >= 0.3 is 0 Å². The van der Waals surface area contributed by atoms with Gasteiger partial charge in [-0.1, -0.05) is 42.4 Å². The molecule has 2 nitrogen and oxygen atoms in total. The molecular formula is C19H22N2S. The highest BCUT2D eigenvalue weighted by atomic mass is 32.2. The second-order valence-corrected chi connectivity index (χ2v) is 7.43. The van der Waals surface area contributed by atoms with Crippen LogP contribution >= 0.6 is 11.8 Å². The van der Waals surface area contributed by atoms with Gasteiger partial charge in [-0.2, -0.15) is 0 Å². The van der Waals surface area contributed by atoms with Crippen LogP contribution in [0, 0.1) is 0 Å². The van der Waals surface area contributed by atoms with Gasteiger partial charge in [0.1, 0.15) is 0 Å². The SMILES string of the molecule is CN1CCCC[C@H]1Cc1cccc2c1Nc1ccccc1S2. The van der Waals surface area contributed by atoms with Crippen LogP contribution < -0.4 is 5.32 Å². The number of likely N-dealkylation sites (tertiary alicyclic amines) is 1. The predicted molar refractivity (Wildman–Crippen MR) is 94.3 cm³/mol. The van der Waals surface area contributed by atoms with E-state index in [0.717, 1.165) is 6.42 Å². The number of piperidine rings is 1. The summed E-state index contributed by atoms with van der Waals surface area (Å²) in [7, 11) is 2.27. The van der Waals surface area contributed by atoms with Crippen molar-refractivity contribution in [1.82, 2.24) is 4.90 Å². The van der Waals surface area contributed by atoms with Crippen LogP contribution in [0.2, 0.25) is 0 Å². The number of likely N-dealkylation sites (N-methyl/N-ethyl adjacent to an activating group) is 1. The first-order valence-corrected chi connectivity index (χ1v) is 8.99. The molecule has 1 N–H and O–H groups in total. The molecule has 0 aliphatic carbocycles. The molecule has 0 aromatic heterocycles. The summed E-state index contributed by atoms with van der Waals surface area (Å²) < 4.78 is 0. The Hall–Kier alpha value is -1.45. The Bertz CT molecular complexity index is 683. The Kier molecular flexibility index (Phi) is 3.85. The maximum Gasteiger partial charge on any atom is 0.0559 e. The number of benzene rings is 2. The molecule has 2 aromatic rings. The van der Waals surface area contributed by atoms with Crippen LogP contribution in [-0.4, -0.2) is 24.5 Å². The molecular weight excluding hydrogens is 288 g/mol. The third-order valence-electron chi connectivity index (χ3n) is 4.86. The Balaban J connectivity index is 1.63. The van der Waals surface area contributed by atoms with Crippen molar-refractivity contribution in [2.45, 2.75) is 41.5 Å². The van der Waals surface area contributed by atoms with Gasteiger partial charge in [0.05, 0.1) is 11.4 Å². The van der Waals surface area contributed by atoms with Crippen molar-refractivity contribution < 1.29 is 0 Å². The van der Waals surface area contributed by atoms with Crippen LogP contribution in [0.1, 0.15) is 24.8 Å². The Morgan fingerprint density at radius 2 is 1.95 bits per heavy atom. The summed E-state index contributed by atoms with van der Waals surface area (Å²) in [6, 6.07) is 16.0. The standard InChI is InChI=1S/C19H22N2S/c1-21-12-5-4-8-15(21)13-14-7-6-11-18-19(14)20-16-9-2-3-10-17(16)22-18/h2-3,6-7,9-11,15,20H,4-5,8,12-13H2,1H3/t15-/m0/s1. The molecule has 0 saturated carbocycles. The zero-order valence-electron chi connectivity index (χ0n) is 13.0. The Morgan fingerprint density at radius 1 is 1.09 bits per heavy atom. The minimum atomic E-state index is 0.684. The molecule has 2 aromatic carbocycles. The quantitative estimate of drug-likeness (QED) is 0.723. The molecule has 0 unspecified atom stereocenters. The van der Waals surface area contributed by atoms with Crippen molar-refractivity contribution in [3.8, 4) is 0 Å². The van der Waals surface area contributed by atoms with Crippen molar-refractivity contribution in [2.75, 3.05) is 18.9 Å². The second kappa shape index (κ2) is 5.98. The molecule has 1 atom stereocenters. The number of nitrogens with zero attached hydrogens (tertiary/aromatic N) is 1. The lowest BCUT2D eigenvalue weighted by Crippen LogP contribution is -2.37. The van der Waals surface area contributed by atoms with Gasteiger partial charge in [-0.3, -0.25) is 0 Å². The summed E-state index contributed by atoms with van der Waals surface area (Å²) in [4.78, 5) is 5.21. The highest BCUT2D eigenvalue weighted by molar-refractivity contribution is 7.99. The topological polar surface area (TPSA) is 15.3 Å². The third kappa shape index (κ3) is 2.64. The molecule has 1 fully saturated rings. The van der Waals surface area contributed by atoms with Gasteiger partial charge in [-0.25, -0.2) is 0 Å². The van der Waals surface area contributed by atoms with E-state index in [4.69, 9.17) is 0 Å². The zero-order chi connectivity index (χ0) is 14.9. The molecule has 1 saturated heterocycles. The fraction of sp³-hybridized carbons (Fsp3) is 0.368. The van der Waals surface area contributed by atoms with E-state index in [1.165, 1.54) is 52.5 Å². The molecule has 0 radical (unpaired) electrons. The summed E-state index contributed by atoms with van der Waals surface area (Å²) in [5.41, 5.74) is 4.02. The maximum atomic E-state index is 3.67. The van der Waals surface area contributed by atoms with Gasteiger partial charge in [0.15, 0.2) is 0 Å². The molecule has 2 aliphatic heterocycles. The molecule has 22 heavy (non-hydrogen) atoms. The van der Waals surface area contributed by atoms with E-state index in [2.05, 4.69) is 59.7 Å². The highest BCUT2D eigenvalue weighted by Gasteiger charge is 2.23. The molecule has 0 bridgehead atoms. The van der Waals surface area contributed by atoms with E-state index < -0.39 is 0 Å². The monoisotopic (exact) mass is 310 g/mol. The summed E-state index contributed by atoms with van der Waals surface area (Å²) in [6.07, 6.45) is 5.19. The maximum absolute atomic E-state index is 3.67. The van der Waals surface area contributed by atoms with Crippen molar-refractivity contribution >= 4 is 23.1 Å². The largest absolute Gasteiger partial charge is 0.353 e. The molecule has 3 heteroatoms. The Morgan fingerprint density at radius 3 is 2.86 bits per heavy atom. The minimum absolute atomic E-state index is 0.684. The van der Waals surface area contributed by atoms with Gasteiger partial charge < -0.3 is 10.2 Å². The van der Waals surface area contributed by atoms with Gasteiger partial charge in [0.2, 0.25) is 0 Å². The highest BCUT2D eigenvalue weighted by Crippen LogP contribution is 2.45. The molecule has 2 heterocycles. The first-order valence-electron chi connectivity index (χ1n) is 8.17. The number of nitrogens with one attached hydrogen (secondary N) is 1. The van der Waals surface area contributed by atoms with E-state index in [0.29, 0.717) is 6.04 Å². The normalized spacial score (nSPS) is 20.9. The molecule has 2 aliphatic rings. The smallest absolute Gasteiger partial charge is 0.0559 e. The first kappa shape index (κ1) is 14.2. The van der Waals surface area contributed by atoms with Gasteiger partial charge in [-0.05, 0) is 56.6 Å². The molecule has 4 rings (SSSR count). The molecule has 0 spiro atoms. The van der Waals surface area contributed by atoms with E-state index in [9.17, 15) is 0 Å². The summed E-state index contributed by atoms with van der Waals surface area (Å²) in [5, 5.41) is 3.67. The number of rotatable bonds is 2. The summed E-state index contributed by atoms with van der Waals surface area (Å²) >= 11 is 1.88. The van der Waals surface area contributed by atoms with Crippen LogP contribution in [0.4, 0.5) is 11.4 Å². The first-order chi connectivity index (χ1) is 10.8. The Labute approximate surface area is 136 Å². The van der Waals surface area contributed by atoms with E-state index in [-0.39, 0.29) is 0 Å². The van der Waals surface area contributed by atoms with Crippen molar-refractivity contribution in [2.24, 2.45) is 0 Å². The fourth-order valence-electron chi connectivity index (χ4n) is 3.54. The zero-order valence-corrected chi connectivity index (χ0v) is 13.8. The minimum Gasteiger partial charge on any atom is -0.353 e. The van der Waals surface area contributed by atoms with E-state index in [1.54, 1.807) is 0 Å². The summed E-state index contributed by atoms with van der Waals surface area (Å²) in [6.45, 7) is 1.24. The average molecular weight is 310 g/mol. The van der Waals surface area contributed by atoms with Crippen LogP contribution in [-0.2, 0) is 6.42 Å². The van der Waals surface area contributed by atoms with Gasteiger partial charge in [0.25, 0.3) is 0 Å². The van der Waals surface area contributed by atoms with Crippen LogP contribution in [0.3, 0.4) is 0 Å². The number of hydrogen-bond donors (Lipinski definition) is 1. The molecule has 0 amide bonds. The van der Waals surface area contributed by atoms with Crippen molar-refractivity contribution in [3.05, 3.63) is 48.0 Å². The fourth-order valence-corrected chi connectivity index (χ4v) is 4.58. The van der Waals surface area contributed by atoms with Crippen LogP contribution in [0.15, 0.2) is 52.3 Å². The number of fused-ring (bicyclic) bond motifs is 2. The lowest BCUT2D eigenvalue weighted by atomic mass is 9.95. The second-order valence-electron chi connectivity index (χ2n) is 6.35. The average Bonchev–Trinajstić information content (AvgIpc) is 2.55. The number of hydrogen-bond acceptors (Lipinski definition) is 3. The van der Waals surface area contributed by atoms with Crippen molar-refractivity contribution in [3.63, 3.8) is 0 Å². The van der Waals surface area contributed by atoms with Crippen LogP contribution in [0.25, 0.3) is 0 Å². The van der Waals surface area contributed by atoms with E-state index >= 15 is 0 Å². The van der Waals surface area contributed by atoms with E-state index in [1.807, 2.05) is 11.8 Å². The predicted octanol–water partition coefficient (Wildman–Crippen LogP) is 4.92. The lowest BCUT2D eigenvalue weighted by Gasteiger charge is -2.33. The van der Waals surface area contributed by atoms with Crippen LogP contribution in [0.5, 0.6) is 0 Å². The van der Waals surface area contributed by atoms with Gasteiger partial charge in [-0.15, -0.1) is 0 Å². The lowest BCUT2D eigenvalue weighted by molar-refractivity contribution is 0.185. The third-order valence-corrected chi connectivity index (χ3v) is 5.99. The van der Waals surface area contributed by atoms with Gasteiger partial charge in [0, 0.05) is 15.8 Å². The number of anilines is 2. The molecule has 114 valence electrons. The van der Waals surface area contributed by atoms with Crippen molar-refractivity contribution in [1.29, 1.82) is 0 Å². The summed E-state index contributed by atoms with van der Waals surface area (Å²) in [5.74, 6) is 0.